The Morgan fingerprint density at radius 1 is 1.28 bits per heavy atom. The number of hydrogen-bond donors (Lipinski definition) is 0. The number of fused-ring (bicyclic) bond motifs is 1. The summed E-state index contributed by atoms with van der Waals surface area (Å²) in [4.78, 5) is 8.91. The summed E-state index contributed by atoms with van der Waals surface area (Å²) in [7, 11) is 1.60. The Balaban J connectivity index is 1.82. The number of methoxy groups -OCH3 is 1. The zero-order chi connectivity index (χ0) is 17.2. The van der Waals surface area contributed by atoms with Crippen molar-refractivity contribution in [1.29, 1.82) is 5.26 Å². The van der Waals surface area contributed by atoms with Crippen molar-refractivity contribution in [1.82, 2.24) is 19.6 Å². The highest BCUT2D eigenvalue weighted by molar-refractivity contribution is 5.88. The van der Waals surface area contributed by atoms with Crippen LogP contribution in [0.15, 0.2) is 43.0 Å². The third-order valence-electron chi connectivity index (χ3n) is 4.59. The number of hydrogen-bond acceptors (Lipinski definition) is 5. The molecule has 6 nitrogen and oxygen atoms in total. The first-order chi connectivity index (χ1) is 12.3. The molecule has 3 aromatic heterocycles. The molecule has 0 spiro atoms. The van der Waals surface area contributed by atoms with Gasteiger partial charge in [0.05, 0.1) is 36.5 Å². The van der Waals surface area contributed by atoms with E-state index >= 15 is 0 Å². The lowest BCUT2D eigenvalue weighted by Crippen LogP contribution is -2.05. The molecule has 4 rings (SSSR count). The second-order valence-corrected chi connectivity index (χ2v) is 6.05. The van der Waals surface area contributed by atoms with Crippen molar-refractivity contribution in [3.63, 3.8) is 0 Å². The van der Waals surface area contributed by atoms with Crippen molar-refractivity contribution < 1.29 is 4.74 Å². The topological polar surface area (TPSA) is 76.1 Å². The summed E-state index contributed by atoms with van der Waals surface area (Å²) in [5, 5.41) is 13.6. The number of nitrogens with zero attached hydrogens (tertiary/aromatic N) is 5. The van der Waals surface area contributed by atoms with Gasteiger partial charge in [0.2, 0.25) is 5.88 Å². The van der Waals surface area contributed by atoms with Gasteiger partial charge >= 0.3 is 0 Å². The Labute approximate surface area is 145 Å². The molecule has 0 radical (unpaired) electrons. The number of allylic oxidation sites excluding steroid dienone is 2. The lowest BCUT2D eigenvalue weighted by atomic mass is 9.88. The van der Waals surface area contributed by atoms with Crippen molar-refractivity contribution in [2.45, 2.75) is 19.3 Å². The molecule has 0 bridgehead atoms. The zero-order valence-corrected chi connectivity index (χ0v) is 13.9. The Bertz CT molecular complexity index is 981. The lowest BCUT2D eigenvalue weighted by Gasteiger charge is -2.17. The maximum atomic E-state index is 9.10. The lowest BCUT2D eigenvalue weighted by molar-refractivity contribution is 0.398. The quantitative estimate of drug-likeness (QED) is 0.734. The fraction of sp³-hybridized carbons (Fsp3) is 0.263. The first kappa shape index (κ1) is 15.3. The van der Waals surface area contributed by atoms with E-state index in [1.165, 1.54) is 5.57 Å². The molecule has 1 unspecified atom stereocenters. The molecule has 0 saturated heterocycles. The van der Waals surface area contributed by atoms with E-state index in [1.54, 1.807) is 19.5 Å². The van der Waals surface area contributed by atoms with E-state index in [1.807, 2.05) is 29.0 Å². The minimum atomic E-state index is 0.110. The molecule has 0 aliphatic heterocycles. The number of nitriles is 1. The van der Waals surface area contributed by atoms with E-state index < -0.39 is 0 Å². The standard InChI is InChI=1S/C19H17N5O/c1-25-17-7-6-15(11-22-17)16-12-23-24-9-8-21-18(19(16)24)14-4-2-13(10-20)3-5-14/h4,6-9,11-13H,2-3,5H2,1H3. The third-order valence-corrected chi connectivity index (χ3v) is 4.59. The van der Waals surface area contributed by atoms with Crippen molar-refractivity contribution >= 4 is 11.1 Å². The molecular formula is C19H17N5O. The molecule has 124 valence electrons. The molecule has 0 N–H and O–H groups in total. The van der Waals surface area contributed by atoms with Crippen LogP contribution < -0.4 is 4.74 Å². The van der Waals surface area contributed by atoms with Crippen LogP contribution in [0.4, 0.5) is 0 Å². The SMILES string of the molecule is COc1ccc(-c2cnn3ccnc(C4=CCC(C#N)CC4)c23)cn1. The smallest absolute Gasteiger partial charge is 0.212 e. The van der Waals surface area contributed by atoms with Gasteiger partial charge in [-0.05, 0) is 30.9 Å². The summed E-state index contributed by atoms with van der Waals surface area (Å²) in [5.74, 6) is 0.690. The Morgan fingerprint density at radius 2 is 2.20 bits per heavy atom. The minimum Gasteiger partial charge on any atom is -0.481 e. The van der Waals surface area contributed by atoms with Gasteiger partial charge in [0.25, 0.3) is 0 Å². The molecule has 0 aromatic carbocycles. The normalized spacial score (nSPS) is 17.1. The van der Waals surface area contributed by atoms with Crippen LogP contribution in [0.5, 0.6) is 5.88 Å². The van der Waals surface area contributed by atoms with E-state index in [0.29, 0.717) is 5.88 Å². The van der Waals surface area contributed by atoms with E-state index in [0.717, 1.165) is 41.6 Å². The van der Waals surface area contributed by atoms with Gasteiger partial charge in [0.1, 0.15) is 0 Å². The minimum absolute atomic E-state index is 0.110. The molecule has 0 fully saturated rings. The maximum Gasteiger partial charge on any atom is 0.212 e. The molecule has 1 atom stereocenters. The Morgan fingerprint density at radius 3 is 2.88 bits per heavy atom. The average molecular weight is 331 g/mol. The summed E-state index contributed by atoms with van der Waals surface area (Å²) in [5.41, 5.74) is 5.04. The van der Waals surface area contributed by atoms with Gasteiger partial charge < -0.3 is 4.74 Å². The van der Waals surface area contributed by atoms with Gasteiger partial charge in [-0.15, -0.1) is 0 Å². The van der Waals surface area contributed by atoms with Gasteiger partial charge in [0.15, 0.2) is 0 Å². The summed E-state index contributed by atoms with van der Waals surface area (Å²) < 4.78 is 6.98. The van der Waals surface area contributed by atoms with Crippen LogP contribution in [-0.2, 0) is 0 Å². The number of ether oxygens (including phenoxy) is 1. The second-order valence-electron chi connectivity index (χ2n) is 6.05. The first-order valence-electron chi connectivity index (χ1n) is 8.22. The van der Waals surface area contributed by atoms with E-state index in [4.69, 9.17) is 10.00 Å². The highest BCUT2D eigenvalue weighted by Gasteiger charge is 2.20. The van der Waals surface area contributed by atoms with E-state index in [2.05, 4.69) is 27.2 Å². The Hall–Kier alpha value is -3.20. The average Bonchev–Trinajstić information content (AvgIpc) is 3.12. The molecule has 3 aromatic rings. The highest BCUT2D eigenvalue weighted by atomic mass is 16.5. The van der Waals surface area contributed by atoms with Crippen LogP contribution in [0.1, 0.15) is 25.0 Å². The van der Waals surface area contributed by atoms with Crippen molar-refractivity contribution in [2.24, 2.45) is 5.92 Å². The summed E-state index contributed by atoms with van der Waals surface area (Å²) in [6, 6.07) is 6.17. The van der Waals surface area contributed by atoms with Gasteiger partial charge in [-0.2, -0.15) is 10.4 Å². The van der Waals surface area contributed by atoms with Crippen molar-refractivity contribution in [2.75, 3.05) is 7.11 Å². The zero-order valence-electron chi connectivity index (χ0n) is 13.9. The van der Waals surface area contributed by atoms with Crippen LogP contribution in [-0.4, -0.2) is 26.7 Å². The largest absolute Gasteiger partial charge is 0.481 e. The van der Waals surface area contributed by atoms with Crippen molar-refractivity contribution in [3.8, 4) is 23.1 Å². The fourth-order valence-electron chi connectivity index (χ4n) is 3.22. The third kappa shape index (κ3) is 2.74. The summed E-state index contributed by atoms with van der Waals surface area (Å²) in [6.45, 7) is 0. The molecule has 0 amide bonds. The van der Waals surface area contributed by atoms with Crippen molar-refractivity contribution in [3.05, 3.63) is 48.7 Å². The van der Waals surface area contributed by atoms with E-state index in [9.17, 15) is 0 Å². The summed E-state index contributed by atoms with van der Waals surface area (Å²) in [6.07, 6.45) is 11.9. The predicted molar refractivity (Wildman–Crippen MR) is 93.7 cm³/mol. The molecule has 6 heteroatoms. The second kappa shape index (κ2) is 6.36. The van der Waals surface area contributed by atoms with Gasteiger partial charge in [0, 0.05) is 35.8 Å². The highest BCUT2D eigenvalue weighted by Crippen LogP contribution is 2.34. The molecule has 1 aliphatic rings. The monoisotopic (exact) mass is 331 g/mol. The molecule has 0 saturated carbocycles. The first-order valence-corrected chi connectivity index (χ1v) is 8.22. The summed E-state index contributed by atoms with van der Waals surface area (Å²) >= 11 is 0. The maximum absolute atomic E-state index is 9.10. The van der Waals surface area contributed by atoms with Gasteiger partial charge in [-0.3, -0.25) is 4.98 Å². The van der Waals surface area contributed by atoms with Crippen LogP contribution in [0.25, 0.3) is 22.2 Å². The van der Waals surface area contributed by atoms with Gasteiger partial charge in [-0.25, -0.2) is 9.50 Å². The number of rotatable bonds is 3. The predicted octanol–water partition coefficient (Wildman–Crippen LogP) is 3.51. The fourth-order valence-corrected chi connectivity index (χ4v) is 3.22. The molecular weight excluding hydrogens is 314 g/mol. The van der Waals surface area contributed by atoms with E-state index in [-0.39, 0.29) is 5.92 Å². The Kier molecular flexibility index (Phi) is 3.90. The van der Waals surface area contributed by atoms with Crippen LogP contribution in [0, 0.1) is 17.2 Å². The molecule has 1 aliphatic carbocycles. The van der Waals surface area contributed by atoms with Gasteiger partial charge in [-0.1, -0.05) is 6.08 Å². The van der Waals surface area contributed by atoms with Crippen LogP contribution in [0.2, 0.25) is 0 Å². The molecule has 3 heterocycles. The van der Waals surface area contributed by atoms with Crippen LogP contribution in [0.3, 0.4) is 0 Å². The van der Waals surface area contributed by atoms with Crippen LogP contribution >= 0.6 is 0 Å². The number of aromatic nitrogens is 4. The number of pyridine rings is 1. The molecule has 25 heavy (non-hydrogen) atoms.